The summed E-state index contributed by atoms with van der Waals surface area (Å²) >= 11 is 0. The minimum Gasteiger partial charge on any atom is -0.491 e. The van der Waals surface area contributed by atoms with E-state index in [1.54, 1.807) is 5.32 Å². The van der Waals surface area contributed by atoms with Gasteiger partial charge in [0.1, 0.15) is 18.5 Å². The number of methoxy groups -OCH3 is 1. The molecule has 1 atom stereocenters. The van der Waals surface area contributed by atoms with Gasteiger partial charge in [-0.1, -0.05) is 25.8 Å². The summed E-state index contributed by atoms with van der Waals surface area (Å²) in [7, 11) is 1.02. The van der Waals surface area contributed by atoms with Crippen LogP contribution in [0.1, 0.15) is 37.1 Å². The monoisotopic (exact) mass is 280 g/mol. The van der Waals surface area contributed by atoms with Gasteiger partial charge in [-0.15, -0.1) is 0 Å². The van der Waals surface area contributed by atoms with Crippen LogP contribution in [0.5, 0.6) is 5.75 Å². The van der Waals surface area contributed by atoms with Crippen LogP contribution in [0.2, 0.25) is 0 Å². The van der Waals surface area contributed by atoms with E-state index in [0.29, 0.717) is 0 Å². The van der Waals surface area contributed by atoms with Gasteiger partial charge in [0.25, 0.3) is 0 Å². The van der Waals surface area contributed by atoms with Gasteiger partial charge in [0.05, 0.1) is 9.30 Å². The fourth-order valence-electron chi connectivity index (χ4n) is 1.12. The Balaban J connectivity index is 2.94. The average Bonchev–Trinajstić information content (AvgIpc) is 2.64. The zero-order chi connectivity index (χ0) is 25.4. The molecule has 0 fully saturated rings. The molecule has 0 aromatic heterocycles. The fourth-order valence-corrected chi connectivity index (χ4v) is 1.12. The first-order chi connectivity index (χ1) is 14.1. The van der Waals surface area contributed by atoms with Crippen LogP contribution in [0.3, 0.4) is 0 Å². The highest BCUT2D eigenvalue weighted by Crippen LogP contribution is 2.12. The van der Waals surface area contributed by atoms with E-state index in [0.717, 1.165) is 7.11 Å². The Labute approximate surface area is 134 Å². The van der Waals surface area contributed by atoms with E-state index in [4.69, 9.17) is 22.6 Å². The van der Waals surface area contributed by atoms with Crippen molar-refractivity contribution in [3.05, 3.63) is 29.8 Å². The van der Waals surface area contributed by atoms with E-state index in [1.807, 2.05) is 0 Å². The van der Waals surface area contributed by atoms with E-state index in [1.165, 1.54) is 24.3 Å². The summed E-state index contributed by atoms with van der Waals surface area (Å²) < 4.78 is 108. The largest absolute Gasteiger partial charge is 0.491 e. The molecule has 0 bridgehead atoms. The summed E-state index contributed by atoms with van der Waals surface area (Å²) in [6.07, 6.45) is -4.60. The predicted molar refractivity (Wildman–Crippen MR) is 76.7 cm³/mol. The molecule has 108 valence electrons. The number of benzene rings is 1. The molecule has 0 saturated heterocycles. The molecule has 1 aromatic carbocycles. The quantitative estimate of drug-likeness (QED) is 0.721. The molecule has 2 N–H and O–H groups in total. The fraction of sp³-hybridized carbons (Fsp3) is 0.600. The second-order valence-corrected chi connectivity index (χ2v) is 3.43. The van der Waals surface area contributed by atoms with Crippen LogP contribution >= 0.6 is 0 Å². The molecule has 0 aliphatic heterocycles. The van der Waals surface area contributed by atoms with Crippen molar-refractivity contribution in [3.8, 4) is 5.75 Å². The van der Waals surface area contributed by atoms with E-state index in [2.05, 4.69) is 4.74 Å². The molecule has 4 nitrogen and oxygen atoms in total. The standard InChI is InChI=1S/C15H25NO3/c1-12(2)16-10-14(17)11-19-15-6-4-13(5-7-15)8-9-18-3/h4-7,12,14,16-17H,8-11H2,1-3H3/i1D3,2D3,8D2,9D2,10D2,12D. The average molecular weight is 280 g/mol. The van der Waals surface area contributed by atoms with Crippen molar-refractivity contribution >= 4 is 0 Å². The van der Waals surface area contributed by atoms with Crippen molar-refractivity contribution in [3.63, 3.8) is 0 Å². The highest BCUT2D eigenvalue weighted by Gasteiger charge is 2.05. The Morgan fingerprint density at radius 3 is 2.79 bits per heavy atom. The van der Waals surface area contributed by atoms with Gasteiger partial charge < -0.3 is 19.9 Å². The minimum atomic E-state index is -3.45. The molecule has 19 heavy (non-hydrogen) atoms. The van der Waals surface area contributed by atoms with Gasteiger partial charge in [-0.25, -0.2) is 0 Å². The number of ether oxygens (including phenoxy) is 2. The Bertz CT molecular complexity index is 747. The third-order valence-electron chi connectivity index (χ3n) is 1.92. The number of hydrogen-bond acceptors (Lipinski definition) is 4. The molecule has 0 spiro atoms. The molecule has 0 aliphatic carbocycles. The van der Waals surface area contributed by atoms with Crippen LogP contribution in [0.4, 0.5) is 0 Å². The van der Waals surface area contributed by atoms with E-state index in [9.17, 15) is 5.11 Å². The number of aliphatic hydroxyl groups is 1. The molecular formula is C15H25NO3. The third-order valence-corrected chi connectivity index (χ3v) is 1.92. The number of aryl methyl sites for hydroxylation is 1. The maximum Gasteiger partial charge on any atom is 0.119 e. The van der Waals surface area contributed by atoms with Gasteiger partial charge in [-0.3, -0.25) is 0 Å². The van der Waals surface area contributed by atoms with Crippen LogP contribution in [0, 0.1) is 0 Å². The molecule has 1 aromatic rings. The molecule has 0 radical (unpaired) electrons. The lowest BCUT2D eigenvalue weighted by Crippen LogP contribution is -2.35. The lowest BCUT2D eigenvalue weighted by molar-refractivity contribution is 0.104. The normalized spacial score (nSPS) is 26.9. The summed E-state index contributed by atoms with van der Waals surface area (Å²) in [5.74, 6) is 0.0288. The van der Waals surface area contributed by atoms with Crippen molar-refractivity contribution in [1.82, 2.24) is 5.32 Å². The smallest absolute Gasteiger partial charge is 0.119 e. The van der Waals surface area contributed by atoms with E-state index >= 15 is 0 Å². The first-order valence-corrected chi connectivity index (χ1v) is 5.38. The van der Waals surface area contributed by atoms with Crippen molar-refractivity contribution < 1.29 is 32.4 Å². The Hall–Kier alpha value is -1.10. The van der Waals surface area contributed by atoms with Crippen LogP contribution in [-0.2, 0) is 11.1 Å². The molecular weight excluding hydrogens is 242 g/mol. The zero-order valence-electron chi connectivity index (χ0n) is 23.4. The van der Waals surface area contributed by atoms with Gasteiger partial charge in [0, 0.05) is 34.7 Å². The van der Waals surface area contributed by atoms with Crippen molar-refractivity contribution in [2.75, 3.05) is 26.8 Å². The zero-order valence-corrected chi connectivity index (χ0v) is 10.4. The van der Waals surface area contributed by atoms with Gasteiger partial charge >= 0.3 is 0 Å². The van der Waals surface area contributed by atoms with Crippen LogP contribution in [-0.4, -0.2) is 44.0 Å². The maximum atomic E-state index is 10.1. The van der Waals surface area contributed by atoms with Crippen LogP contribution in [0.25, 0.3) is 0 Å². The van der Waals surface area contributed by atoms with E-state index in [-0.39, 0.29) is 11.3 Å². The molecule has 1 rings (SSSR count). The number of nitrogens with one attached hydrogen (secondary N) is 1. The third kappa shape index (κ3) is 7.15. The van der Waals surface area contributed by atoms with E-state index < -0.39 is 51.9 Å². The molecule has 1 unspecified atom stereocenters. The van der Waals surface area contributed by atoms with Crippen molar-refractivity contribution in [2.45, 2.75) is 32.2 Å². The second kappa shape index (κ2) is 8.91. The first-order valence-electron chi connectivity index (χ1n) is 11.9. The first kappa shape index (κ1) is 5.35. The molecule has 0 aliphatic rings. The van der Waals surface area contributed by atoms with Crippen LogP contribution in [0.15, 0.2) is 24.3 Å². The predicted octanol–water partition coefficient (Wildman–Crippen LogP) is 1.61. The molecule has 0 amide bonds. The lowest BCUT2D eigenvalue weighted by atomic mass is 10.1. The van der Waals surface area contributed by atoms with Gasteiger partial charge in [-0.05, 0) is 24.1 Å². The number of rotatable bonds is 9. The Morgan fingerprint density at radius 1 is 1.42 bits per heavy atom. The number of hydrogen-bond donors (Lipinski definition) is 2. The summed E-state index contributed by atoms with van der Waals surface area (Å²) in [6.45, 7) is -13.3. The maximum absolute atomic E-state index is 10.1. The SMILES string of the molecule is [2H]C([2H])(NC([2H])(C([2H])([2H])[2H])C([2H])([2H])[2H])C(O)COc1ccc(C([2H])([2H])C([2H])([2H])OC)cc1. The highest BCUT2D eigenvalue weighted by atomic mass is 16.5. The van der Waals surface area contributed by atoms with Gasteiger partial charge in [0.2, 0.25) is 0 Å². The van der Waals surface area contributed by atoms with Gasteiger partial charge in [-0.2, -0.15) is 0 Å². The topological polar surface area (TPSA) is 50.7 Å². The highest BCUT2D eigenvalue weighted by molar-refractivity contribution is 5.27. The summed E-state index contributed by atoms with van der Waals surface area (Å²) in [6, 6.07) is 1.45. The molecule has 0 saturated carbocycles. The summed E-state index contributed by atoms with van der Waals surface area (Å²) in [5.41, 5.74) is -0.0800. The second-order valence-electron chi connectivity index (χ2n) is 3.43. The molecule has 0 heterocycles. The summed E-state index contributed by atoms with van der Waals surface area (Å²) in [5, 5.41) is 11.7. The van der Waals surface area contributed by atoms with Gasteiger partial charge in [0.15, 0.2) is 0 Å². The number of aliphatic hydroxyl groups excluding tert-OH is 1. The van der Waals surface area contributed by atoms with Crippen molar-refractivity contribution in [1.29, 1.82) is 0 Å². The summed E-state index contributed by atoms with van der Waals surface area (Å²) in [4.78, 5) is 0. The Morgan fingerprint density at radius 2 is 2.16 bits per heavy atom. The Kier molecular flexibility index (Phi) is 2.51. The van der Waals surface area contributed by atoms with Crippen molar-refractivity contribution in [2.24, 2.45) is 0 Å². The minimum absolute atomic E-state index is 0.0288. The molecule has 4 heteroatoms. The lowest BCUT2D eigenvalue weighted by Gasteiger charge is -2.15. The van der Waals surface area contributed by atoms with Crippen LogP contribution < -0.4 is 10.1 Å².